The van der Waals surface area contributed by atoms with Crippen molar-refractivity contribution in [2.45, 2.75) is 12.8 Å². The van der Waals surface area contributed by atoms with Crippen LogP contribution >= 0.6 is 11.6 Å². The number of aromatic carboxylic acids is 1. The third-order valence-electron chi connectivity index (χ3n) is 3.46. The summed E-state index contributed by atoms with van der Waals surface area (Å²) < 4.78 is 0. The van der Waals surface area contributed by atoms with Gasteiger partial charge in [0.15, 0.2) is 0 Å². The Bertz CT molecular complexity index is 528. The summed E-state index contributed by atoms with van der Waals surface area (Å²) in [5.41, 5.74) is 0.119. The lowest BCUT2D eigenvalue weighted by atomic mass is 9.96. The Morgan fingerprint density at radius 1 is 1.40 bits per heavy atom. The van der Waals surface area contributed by atoms with Gasteiger partial charge in [-0.15, -0.1) is 0 Å². The minimum absolute atomic E-state index is 0.00868. The van der Waals surface area contributed by atoms with E-state index in [4.69, 9.17) is 16.7 Å². The summed E-state index contributed by atoms with van der Waals surface area (Å²) in [5, 5.41) is 11.8. The third kappa shape index (κ3) is 3.19. The van der Waals surface area contributed by atoms with Crippen molar-refractivity contribution in [1.29, 1.82) is 0 Å². The van der Waals surface area contributed by atoms with Crippen LogP contribution in [0.15, 0.2) is 12.1 Å². The maximum Gasteiger partial charge on any atom is 0.335 e. The van der Waals surface area contributed by atoms with Gasteiger partial charge in [0.1, 0.15) is 11.0 Å². The van der Waals surface area contributed by atoms with Crippen LogP contribution < -0.4 is 10.2 Å². The first-order valence-electron chi connectivity index (χ1n) is 6.38. The number of rotatable bonds is 3. The summed E-state index contributed by atoms with van der Waals surface area (Å²) in [7, 11) is 1.63. The molecule has 1 saturated heterocycles. The summed E-state index contributed by atoms with van der Waals surface area (Å²) in [6, 6.07) is 2.83. The van der Waals surface area contributed by atoms with Gasteiger partial charge >= 0.3 is 5.97 Å². The fourth-order valence-corrected chi connectivity index (χ4v) is 2.55. The van der Waals surface area contributed by atoms with Crippen LogP contribution in [0.25, 0.3) is 0 Å². The van der Waals surface area contributed by atoms with Crippen LogP contribution in [-0.4, -0.2) is 42.1 Å². The molecule has 0 bridgehead atoms. The Hall–Kier alpha value is -1.82. The first-order valence-corrected chi connectivity index (χ1v) is 6.76. The van der Waals surface area contributed by atoms with E-state index in [0.717, 1.165) is 12.8 Å². The average Bonchev–Trinajstić information content (AvgIpc) is 2.46. The highest BCUT2D eigenvalue weighted by atomic mass is 35.5. The maximum atomic E-state index is 11.6. The molecule has 7 heteroatoms. The van der Waals surface area contributed by atoms with Gasteiger partial charge < -0.3 is 15.3 Å². The van der Waals surface area contributed by atoms with Gasteiger partial charge in [0.05, 0.1) is 5.56 Å². The zero-order valence-electron chi connectivity index (χ0n) is 11.1. The van der Waals surface area contributed by atoms with Crippen molar-refractivity contribution in [1.82, 2.24) is 10.3 Å². The number of carboxylic acids is 1. The van der Waals surface area contributed by atoms with E-state index in [1.54, 1.807) is 7.05 Å². The molecule has 2 rings (SSSR count). The molecule has 1 aliphatic heterocycles. The second kappa shape index (κ2) is 6.09. The number of anilines is 1. The van der Waals surface area contributed by atoms with Gasteiger partial charge in [-0.05, 0) is 25.0 Å². The topological polar surface area (TPSA) is 82.5 Å². The van der Waals surface area contributed by atoms with E-state index >= 15 is 0 Å². The van der Waals surface area contributed by atoms with Crippen molar-refractivity contribution < 1.29 is 14.7 Å². The molecule has 0 aromatic carbocycles. The van der Waals surface area contributed by atoms with Crippen LogP contribution in [0.2, 0.25) is 5.15 Å². The van der Waals surface area contributed by atoms with Crippen LogP contribution in [0.4, 0.5) is 5.82 Å². The zero-order valence-corrected chi connectivity index (χ0v) is 11.9. The van der Waals surface area contributed by atoms with Gasteiger partial charge in [-0.25, -0.2) is 9.78 Å². The molecule has 1 aliphatic rings. The normalized spacial score (nSPS) is 16.0. The molecule has 108 valence electrons. The van der Waals surface area contributed by atoms with Crippen molar-refractivity contribution in [3.8, 4) is 0 Å². The number of carbonyl (C=O) groups excluding carboxylic acids is 1. The van der Waals surface area contributed by atoms with Gasteiger partial charge in [0, 0.05) is 26.1 Å². The van der Waals surface area contributed by atoms with Crippen LogP contribution in [-0.2, 0) is 4.79 Å². The fourth-order valence-electron chi connectivity index (χ4n) is 2.34. The van der Waals surface area contributed by atoms with Crippen molar-refractivity contribution in [2.24, 2.45) is 5.92 Å². The predicted octanol–water partition coefficient (Wildman–Crippen LogP) is 1.40. The van der Waals surface area contributed by atoms with Gasteiger partial charge in [-0.1, -0.05) is 11.6 Å². The van der Waals surface area contributed by atoms with E-state index in [2.05, 4.69) is 10.3 Å². The van der Waals surface area contributed by atoms with Crippen molar-refractivity contribution in [2.75, 3.05) is 25.0 Å². The number of carboxylic acid groups (broad SMARTS) is 1. The number of nitrogens with zero attached hydrogens (tertiary/aromatic N) is 2. The summed E-state index contributed by atoms with van der Waals surface area (Å²) >= 11 is 5.85. The highest BCUT2D eigenvalue weighted by Crippen LogP contribution is 2.24. The lowest BCUT2D eigenvalue weighted by Crippen LogP contribution is -2.40. The quantitative estimate of drug-likeness (QED) is 0.824. The van der Waals surface area contributed by atoms with Crippen molar-refractivity contribution in [3.05, 3.63) is 22.8 Å². The molecular weight excluding hydrogens is 282 g/mol. The molecule has 0 unspecified atom stereocenters. The highest BCUT2D eigenvalue weighted by molar-refractivity contribution is 6.29. The number of pyridine rings is 1. The molecule has 1 fully saturated rings. The Balaban J connectivity index is 2.10. The van der Waals surface area contributed by atoms with E-state index in [1.165, 1.54) is 12.1 Å². The van der Waals surface area contributed by atoms with E-state index in [0.29, 0.717) is 18.9 Å². The van der Waals surface area contributed by atoms with Gasteiger partial charge in [-0.2, -0.15) is 0 Å². The molecule has 2 heterocycles. The van der Waals surface area contributed by atoms with Gasteiger partial charge in [0.2, 0.25) is 5.91 Å². The van der Waals surface area contributed by atoms with E-state index in [-0.39, 0.29) is 22.5 Å². The number of aromatic nitrogens is 1. The Morgan fingerprint density at radius 3 is 2.60 bits per heavy atom. The molecule has 0 radical (unpaired) electrons. The fraction of sp³-hybridized carbons (Fsp3) is 0.462. The number of hydrogen-bond donors (Lipinski definition) is 2. The molecule has 2 N–H and O–H groups in total. The molecule has 6 nitrogen and oxygen atoms in total. The van der Waals surface area contributed by atoms with Crippen molar-refractivity contribution in [3.63, 3.8) is 0 Å². The van der Waals surface area contributed by atoms with Crippen molar-refractivity contribution >= 4 is 29.3 Å². The number of amides is 1. The first-order chi connectivity index (χ1) is 9.51. The maximum absolute atomic E-state index is 11.6. The lowest BCUT2D eigenvalue weighted by Gasteiger charge is -2.32. The zero-order chi connectivity index (χ0) is 14.7. The summed E-state index contributed by atoms with van der Waals surface area (Å²) in [6.45, 7) is 1.31. The monoisotopic (exact) mass is 297 g/mol. The average molecular weight is 298 g/mol. The molecule has 20 heavy (non-hydrogen) atoms. The molecule has 0 atom stereocenters. The standard InChI is InChI=1S/C13H16ClN3O3/c1-15-12(18)8-2-4-17(5-3-8)11-7-9(13(19)20)6-10(14)16-11/h6-8H,2-5H2,1H3,(H,15,18)(H,19,20). The van der Waals surface area contributed by atoms with Crippen LogP contribution in [0.1, 0.15) is 23.2 Å². The van der Waals surface area contributed by atoms with E-state index in [1.807, 2.05) is 4.90 Å². The molecule has 1 aromatic heterocycles. The number of halogens is 1. The van der Waals surface area contributed by atoms with Gasteiger partial charge in [-0.3, -0.25) is 4.79 Å². The molecule has 1 aromatic rings. The second-order valence-electron chi connectivity index (χ2n) is 4.72. The Morgan fingerprint density at radius 2 is 2.05 bits per heavy atom. The number of piperidine rings is 1. The molecule has 0 aliphatic carbocycles. The second-order valence-corrected chi connectivity index (χ2v) is 5.10. The molecule has 0 saturated carbocycles. The van der Waals surface area contributed by atoms with Crippen LogP contribution in [0, 0.1) is 5.92 Å². The number of hydrogen-bond acceptors (Lipinski definition) is 4. The largest absolute Gasteiger partial charge is 0.478 e. The summed E-state index contributed by atoms with van der Waals surface area (Å²) in [6.07, 6.45) is 1.44. The SMILES string of the molecule is CNC(=O)C1CCN(c2cc(C(=O)O)cc(Cl)n2)CC1. The van der Waals surface area contributed by atoms with Crippen LogP contribution in [0.5, 0.6) is 0 Å². The van der Waals surface area contributed by atoms with E-state index < -0.39 is 5.97 Å². The minimum atomic E-state index is -1.03. The Labute approximate surface area is 121 Å². The smallest absolute Gasteiger partial charge is 0.335 e. The predicted molar refractivity (Wildman–Crippen MR) is 75.2 cm³/mol. The summed E-state index contributed by atoms with van der Waals surface area (Å²) in [5.74, 6) is -0.426. The third-order valence-corrected chi connectivity index (χ3v) is 3.66. The molecule has 1 amide bonds. The van der Waals surface area contributed by atoms with E-state index in [9.17, 15) is 9.59 Å². The number of nitrogens with one attached hydrogen (secondary N) is 1. The minimum Gasteiger partial charge on any atom is -0.478 e. The molecule has 0 spiro atoms. The lowest BCUT2D eigenvalue weighted by molar-refractivity contribution is -0.125. The molecular formula is C13H16ClN3O3. The highest BCUT2D eigenvalue weighted by Gasteiger charge is 2.25. The first kappa shape index (κ1) is 14.6. The van der Waals surface area contributed by atoms with Gasteiger partial charge in [0.25, 0.3) is 0 Å². The summed E-state index contributed by atoms with van der Waals surface area (Å²) in [4.78, 5) is 28.7. The number of carbonyl (C=O) groups is 2. The van der Waals surface area contributed by atoms with Crippen LogP contribution in [0.3, 0.4) is 0 Å². The Kier molecular flexibility index (Phi) is 4.44.